The Kier molecular flexibility index (Phi) is 6.22. The van der Waals surface area contributed by atoms with E-state index in [1.165, 1.54) is 23.6 Å². The summed E-state index contributed by atoms with van der Waals surface area (Å²) in [6, 6.07) is 9.15. The summed E-state index contributed by atoms with van der Waals surface area (Å²) in [4.78, 5) is 39.9. The highest BCUT2D eigenvalue weighted by Crippen LogP contribution is 2.32. The van der Waals surface area contributed by atoms with Gasteiger partial charge in [0.15, 0.2) is 5.58 Å². The second kappa shape index (κ2) is 8.98. The zero-order valence-electron chi connectivity index (χ0n) is 18.6. The number of hydrogen-bond acceptors (Lipinski definition) is 5. The maximum atomic E-state index is 12.9. The summed E-state index contributed by atoms with van der Waals surface area (Å²) in [7, 11) is 1.58. The molecule has 2 heterocycles. The first-order chi connectivity index (χ1) is 16.0. The van der Waals surface area contributed by atoms with Gasteiger partial charge in [-0.2, -0.15) is 13.2 Å². The first-order valence-electron chi connectivity index (χ1n) is 10.6. The van der Waals surface area contributed by atoms with Crippen LogP contribution in [0.25, 0.3) is 11.1 Å². The van der Waals surface area contributed by atoms with Crippen LogP contribution in [0.2, 0.25) is 0 Å². The molecule has 2 amide bonds. The molecule has 8 nitrogen and oxygen atoms in total. The summed E-state index contributed by atoms with van der Waals surface area (Å²) in [5.41, 5.74) is 1.22. The third kappa shape index (κ3) is 4.84. The van der Waals surface area contributed by atoms with Crippen molar-refractivity contribution in [3.63, 3.8) is 0 Å². The first-order valence-corrected chi connectivity index (χ1v) is 10.6. The average molecular weight is 476 g/mol. The highest BCUT2D eigenvalue weighted by molar-refractivity contribution is 5.94. The summed E-state index contributed by atoms with van der Waals surface area (Å²) in [5, 5.41) is 2.77. The molecule has 1 N–H and O–H groups in total. The largest absolute Gasteiger partial charge is 0.419 e. The lowest BCUT2D eigenvalue weighted by molar-refractivity contribution is -0.138. The zero-order valence-corrected chi connectivity index (χ0v) is 18.6. The molecular formula is C23H23F3N4O4. The van der Waals surface area contributed by atoms with Crippen molar-refractivity contribution >= 4 is 28.6 Å². The number of piperazine rings is 1. The van der Waals surface area contributed by atoms with E-state index in [0.717, 1.165) is 12.1 Å². The van der Waals surface area contributed by atoms with E-state index in [-0.39, 0.29) is 18.4 Å². The molecule has 4 rings (SSSR count). The molecule has 1 aliphatic rings. The van der Waals surface area contributed by atoms with Crippen molar-refractivity contribution in [3.8, 4) is 0 Å². The molecule has 0 unspecified atom stereocenters. The van der Waals surface area contributed by atoms with Crippen LogP contribution in [0, 0.1) is 0 Å². The number of aryl methyl sites for hydroxylation is 1. The predicted molar refractivity (Wildman–Crippen MR) is 118 cm³/mol. The summed E-state index contributed by atoms with van der Waals surface area (Å²) in [6.45, 7) is 2.52. The first kappa shape index (κ1) is 23.6. The highest BCUT2D eigenvalue weighted by atomic mass is 19.4. The predicted octanol–water partition coefficient (Wildman–Crippen LogP) is 2.99. The van der Waals surface area contributed by atoms with Crippen molar-refractivity contribution < 1.29 is 27.2 Å². The van der Waals surface area contributed by atoms with Gasteiger partial charge in [-0.05, 0) is 29.8 Å². The SMILES string of the molecule is CC(=O)N1CCN(CC(=O)Nc2ccc3c(c2)oc(=O)n3C)C[C@@H]1c1ccc(C(F)(F)F)cc1. The van der Waals surface area contributed by atoms with Crippen LogP contribution in [0.15, 0.2) is 51.7 Å². The van der Waals surface area contributed by atoms with Crippen molar-refractivity contribution in [3.05, 3.63) is 64.1 Å². The Morgan fingerprint density at radius 3 is 2.47 bits per heavy atom. The smallest absolute Gasteiger partial charge is 0.408 e. The molecule has 1 saturated heterocycles. The second-order valence-electron chi connectivity index (χ2n) is 8.24. The van der Waals surface area contributed by atoms with Gasteiger partial charge in [0.2, 0.25) is 11.8 Å². The minimum Gasteiger partial charge on any atom is -0.408 e. The molecule has 0 bridgehead atoms. The van der Waals surface area contributed by atoms with Gasteiger partial charge >= 0.3 is 11.9 Å². The van der Waals surface area contributed by atoms with Gasteiger partial charge in [0, 0.05) is 45.4 Å². The molecule has 0 spiro atoms. The maximum absolute atomic E-state index is 12.9. The molecule has 180 valence electrons. The Morgan fingerprint density at radius 1 is 1.12 bits per heavy atom. The molecule has 0 saturated carbocycles. The van der Waals surface area contributed by atoms with Crippen LogP contribution < -0.4 is 11.1 Å². The topological polar surface area (TPSA) is 87.8 Å². The quantitative estimate of drug-likeness (QED) is 0.626. The number of nitrogens with zero attached hydrogens (tertiary/aromatic N) is 3. The number of fused-ring (bicyclic) bond motifs is 1. The molecule has 1 atom stereocenters. The van der Waals surface area contributed by atoms with Crippen LogP contribution in [-0.2, 0) is 22.8 Å². The van der Waals surface area contributed by atoms with Gasteiger partial charge in [0.25, 0.3) is 0 Å². The van der Waals surface area contributed by atoms with Gasteiger partial charge in [-0.3, -0.25) is 19.1 Å². The van der Waals surface area contributed by atoms with Gasteiger partial charge < -0.3 is 14.6 Å². The number of anilines is 1. The van der Waals surface area contributed by atoms with Gasteiger partial charge in [-0.1, -0.05) is 12.1 Å². The number of halogens is 3. The minimum atomic E-state index is -4.44. The van der Waals surface area contributed by atoms with E-state index in [9.17, 15) is 27.6 Å². The summed E-state index contributed by atoms with van der Waals surface area (Å²) in [6.07, 6.45) is -4.44. The number of carbonyl (C=O) groups excluding carboxylic acids is 2. The number of oxazole rings is 1. The van der Waals surface area contributed by atoms with Crippen molar-refractivity contribution in [2.75, 3.05) is 31.5 Å². The highest BCUT2D eigenvalue weighted by Gasteiger charge is 2.33. The monoisotopic (exact) mass is 476 g/mol. The molecule has 2 aromatic carbocycles. The van der Waals surface area contributed by atoms with Crippen LogP contribution in [0.3, 0.4) is 0 Å². The van der Waals surface area contributed by atoms with Crippen molar-refractivity contribution in [1.82, 2.24) is 14.4 Å². The van der Waals surface area contributed by atoms with Gasteiger partial charge in [0.05, 0.1) is 23.7 Å². The van der Waals surface area contributed by atoms with Gasteiger partial charge in [-0.25, -0.2) is 4.79 Å². The van der Waals surface area contributed by atoms with Crippen molar-refractivity contribution in [2.45, 2.75) is 19.1 Å². The lowest BCUT2D eigenvalue weighted by Gasteiger charge is -2.41. The molecule has 11 heteroatoms. The van der Waals surface area contributed by atoms with Crippen LogP contribution in [0.4, 0.5) is 18.9 Å². The number of hydrogen-bond donors (Lipinski definition) is 1. The standard InChI is InChI=1S/C23H23F3N4O4/c1-14(31)30-10-9-29(12-19(30)15-3-5-16(6-4-15)23(24,25)26)13-21(32)27-17-7-8-18-20(11-17)34-22(33)28(18)2/h3-8,11,19H,9-10,12-13H2,1-2H3,(H,27,32)/t19-/m1/s1. The Labute approximate surface area is 192 Å². The van der Waals surface area contributed by atoms with E-state index < -0.39 is 23.5 Å². The van der Waals surface area contributed by atoms with Crippen molar-refractivity contribution in [2.24, 2.45) is 7.05 Å². The summed E-state index contributed by atoms with van der Waals surface area (Å²) in [5.74, 6) is -0.997. The Balaban J connectivity index is 1.45. The number of carbonyl (C=O) groups is 2. The molecule has 1 fully saturated rings. The van der Waals surface area contributed by atoms with Crippen LogP contribution in [0.1, 0.15) is 24.1 Å². The number of alkyl halides is 3. The summed E-state index contributed by atoms with van der Waals surface area (Å²) < 4.78 is 45.2. The zero-order chi connectivity index (χ0) is 24.6. The summed E-state index contributed by atoms with van der Waals surface area (Å²) >= 11 is 0. The minimum absolute atomic E-state index is 0.0274. The lowest BCUT2D eigenvalue weighted by atomic mass is 10.0. The average Bonchev–Trinajstić information content (AvgIpc) is 3.05. The van der Waals surface area contributed by atoms with E-state index in [0.29, 0.717) is 42.0 Å². The van der Waals surface area contributed by atoms with Crippen molar-refractivity contribution in [1.29, 1.82) is 0 Å². The van der Waals surface area contributed by atoms with Crippen LogP contribution >= 0.6 is 0 Å². The number of amides is 2. The molecule has 0 aliphatic carbocycles. The van der Waals surface area contributed by atoms with E-state index in [1.54, 1.807) is 30.1 Å². The molecule has 3 aromatic rings. The van der Waals surface area contributed by atoms with E-state index in [2.05, 4.69) is 5.32 Å². The molecular weight excluding hydrogens is 453 g/mol. The number of aromatic nitrogens is 1. The number of nitrogens with one attached hydrogen (secondary N) is 1. The van der Waals surface area contributed by atoms with Crippen LogP contribution in [-0.4, -0.2) is 52.4 Å². The van der Waals surface area contributed by atoms with Gasteiger partial charge in [0.1, 0.15) is 0 Å². The Morgan fingerprint density at radius 2 is 1.82 bits per heavy atom. The maximum Gasteiger partial charge on any atom is 0.419 e. The third-order valence-electron chi connectivity index (χ3n) is 5.94. The fourth-order valence-electron chi connectivity index (χ4n) is 4.15. The molecule has 34 heavy (non-hydrogen) atoms. The van der Waals surface area contributed by atoms with E-state index >= 15 is 0 Å². The van der Waals surface area contributed by atoms with Gasteiger partial charge in [-0.15, -0.1) is 0 Å². The second-order valence-corrected chi connectivity index (χ2v) is 8.24. The Hall–Kier alpha value is -3.60. The fourth-order valence-corrected chi connectivity index (χ4v) is 4.15. The normalized spacial score (nSPS) is 17.2. The lowest BCUT2D eigenvalue weighted by Crippen LogP contribution is -2.51. The van der Waals surface area contributed by atoms with E-state index in [4.69, 9.17) is 4.42 Å². The third-order valence-corrected chi connectivity index (χ3v) is 5.94. The van der Waals surface area contributed by atoms with Crippen LogP contribution in [0.5, 0.6) is 0 Å². The van der Waals surface area contributed by atoms with E-state index in [1.807, 2.05) is 4.90 Å². The molecule has 1 aliphatic heterocycles. The number of benzene rings is 2. The fraction of sp³-hybridized carbons (Fsp3) is 0.348. The molecule has 0 radical (unpaired) electrons. The molecule has 1 aromatic heterocycles. The Bertz CT molecular complexity index is 1280. The number of rotatable bonds is 4.